The van der Waals surface area contributed by atoms with E-state index in [-0.39, 0.29) is 12.0 Å². The SMILES string of the molecule is O=CCc1cccc(C(F)(F)F)c1Cl. The predicted molar refractivity (Wildman–Crippen MR) is 46.2 cm³/mol. The molecule has 76 valence electrons. The van der Waals surface area contributed by atoms with Gasteiger partial charge in [0.25, 0.3) is 0 Å². The lowest BCUT2D eigenvalue weighted by atomic mass is 10.1. The molecule has 0 aromatic heterocycles. The van der Waals surface area contributed by atoms with Crippen LogP contribution in [0.25, 0.3) is 0 Å². The minimum absolute atomic E-state index is 0.108. The van der Waals surface area contributed by atoms with E-state index in [4.69, 9.17) is 11.6 Å². The lowest BCUT2D eigenvalue weighted by Gasteiger charge is -2.10. The second-order valence-electron chi connectivity index (χ2n) is 2.65. The van der Waals surface area contributed by atoms with Crippen molar-refractivity contribution in [1.82, 2.24) is 0 Å². The molecule has 0 atom stereocenters. The van der Waals surface area contributed by atoms with Crippen LogP contribution in [0.4, 0.5) is 13.2 Å². The van der Waals surface area contributed by atoms with E-state index in [1.807, 2.05) is 0 Å². The molecule has 0 spiro atoms. The fourth-order valence-electron chi connectivity index (χ4n) is 1.05. The van der Waals surface area contributed by atoms with E-state index in [1.165, 1.54) is 12.1 Å². The van der Waals surface area contributed by atoms with Gasteiger partial charge in [0.1, 0.15) is 6.29 Å². The van der Waals surface area contributed by atoms with Crippen molar-refractivity contribution < 1.29 is 18.0 Å². The molecule has 0 fully saturated rings. The Labute approximate surface area is 83.5 Å². The smallest absolute Gasteiger partial charge is 0.303 e. The number of carbonyl (C=O) groups excluding carboxylic acids is 1. The second-order valence-corrected chi connectivity index (χ2v) is 3.03. The van der Waals surface area contributed by atoms with Gasteiger partial charge in [-0.3, -0.25) is 0 Å². The molecule has 0 radical (unpaired) electrons. The van der Waals surface area contributed by atoms with E-state index in [0.717, 1.165) is 6.07 Å². The second kappa shape index (κ2) is 4.00. The summed E-state index contributed by atoms with van der Waals surface area (Å²) in [6.07, 6.45) is -4.07. The van der Waals surface area contributed by atoms with Gasteiger partial charge in [-0.15, -0.1) is 0 Å². The standard InChI is InChI=1S/C9H6ClF3O/c10-8-6(4-5-14)2-1-3-7(8)9(11,12)13/h1-3,5H,4H2. The van der Waals surface area contributed by atoms with Gasteiger partial charge in [-0.1, -0.05) is 23.7 Å². The molecule has 0 bridgehead atoms. The van der Waals surface area contributed by atoms with Crippen LogP contribution in [0, 0.1) is 0 Å². The Balaban J connectivity index is 3.20. The zero-order valence-corrected chi connectivity index (χ0v) is 7.69. The average molecular weight is 223 g/mol. The van der Waals surface area contributed by atoms with Crippen LogP contribution < -0.4 is 0 Å². The van der Waals surface area contributed by atoms with Crippen molar-refractivity contribution in [2.75, 3.05) is 0 Å². The Bertz CT molecular complexity index is 346. The van der Waals surface area contributed by atoms with Crippen molar-refractivity contribution in [3.8, 4) is 0 Å². The minimum Gasteiger partial charge on any atom is -0.303 e. The maximum Gasteiger partial charge on any atom is 0.417 e. The van der Waals surface area contributed by atoms with Gasteiger partial charge in [0.05, 0.1) is 10.6 Å². The third-order valence-electron chi connectivity index (χ3n) is 1.69. The first-order valence-electron chi connectivity index (χ1n) is 3.75. The highest BCUT2D eigenvalue weighted by Crippen LogP contribution is 2.36. The van der Waals surface area contributed by atoms with Crippen molar-refractivity contribution in [2.24, 2.45) is 0 Å². The quantitative estimate of drug-likeness (QED) is 0.703. The number of hydrogen-bond acceptors (Lipinski definition) is 1. The zero-order chi connectivity index (χ0) is 10.8. The fraction of sp³-hybridized carbons (Fsp3) is 0.222. The molecule has 0 amide bonds. The monoisotopic (exact) mass is 222 g/mol. The first-order chi connectivity index (χ1) is 6.46. The molecule has 0 aliphatic rings. The first-order valence-corrected chi connectivity index (χ1v) is 4.13. The van der Waals surface area contributed by atoms with E-state index in [1.54, 1.807) is 0 Å². The predicted octanol–water partition coefficient (Wildman–Crippen LogP) is 3.10. The number of halogens is 4. The maximum atomic E-state index is 12.3. The van der Waals surface area contributed by atoms with Crippen LogP contribution in [-0.4, -0.2) is 6.29 Å². The molecule has 0 unspecified atom stereocenters. The van der Waals surface area contributed by atoms with Gasteiger partial charge in [0.15, 0.2) is 0 Å². The van der Waals surface area contributed by atoms with Crippen molar-refractivity contribution in [3.05, 3.63) is 34.3 Å². The largest absolute Gasteiger partial charge is 0.417 e. The summed E-state index contributed by atoms with van der Waals surface area (Å²) in [7, 11) is 0. The van der Waals surface area contributed by atoms with Crippen molar-refractivity contribution in [2.45, 2.75) is 12.6 Å². The normalized spacial score (nSPS) is 11.4. The Morgan fingerprint density at radius 2 is 2.00 bits per heavy atom. The van der Waals surface area contributed by atoms with Crippen molar-refractivity contribution in [3.63, 3.8) is 0 Å². The van der Waals surface area contributed by atoms with Crippen LogP contribution in [0.5, 0.6) is 0 Å². The van der Waals surface area contributed by atoms with Crippen LogP contribution >= 0.6 is 11.6 Å². The van der Waals surface area contributed by atoms with Crippen molar-refractivity contribution in [1.29, 1.82) is 0 Å². The highest BCUT2D eigenvalue weighted by atomic mass is 35.5. The molecular formula is C9H6ClF3O. The van der Waals surface area contributed by atoms with Gasteiger partial charge >= 0.3 is 6.18 Å². The van der Waals surface area contributed by atoms with Gasteiger partial charge in [-0.25, -0.2) is 0 Å². The fourth-order valence-corrected chi connectivity index (χ4v) is 1.36. The molecule has 0 aliphatic heterocycles. The van der Waals surface area contributed by atoms with E-state index >= 15 is 0 Å². The van der Waals surface area contributed by atoms with Gasteiger partial charge < -0.3 is 4.79 Å². The Hall–Kier alpha value is -1.03. The molecule has 1 aromatic carbocycles. The summed E-state index contributed by atoms with van der Waals surface area (Å²) < 4.78 is 36.9. The number of aldehydes is 1. The summed E-state index contributed by atoms with van der Waals surface area (Å²) in [6.45, 7) is 0. The Morgan fingerprint density at radius 3 is 2.50 bits per heavy atom. The van der Waals surface area contributed by atoms with Crippen LogP contribution in [0.3, 0.4) is 0 Å². The molecule has 0 N–H and O–H groups in total. The number of hydrogen-bond donors (Lipinski definition) is 0. The number of alkyl halides is 3. The van der Waals surface area contributed by atoms with Crippen LogP contribution in [0.15, 0.2) is 18.2 Å². The highest BCUT2D eigenvalue weighted by molar-refractivity contribution is 6.32. The molecule has 0 aliphatic carbocycles. The van der Waals surface area contributed by atoms with E-state index < -0.39 is 16.8 Å². The Kier molecular flexibility index (Phi) is 3.16. The van der Waals surface area contributed by atoms with Gasteiger partial charge in [-0.05, 0) is 11.6 Å². The lowest BCUT2D eigenvalue weighted by molar-refractivity contribution is -0.137. The van der Waals surface area contributed by atoms with Gasteiger partial charge in [-0.2, -0.15) is 13.2 Å². The van der Waals surface area contributed by atoms with E-state index in [9.17, 15) is 18.0 Å². The Morgan fingerprint density at radius 1 is 1.36 bits per heavy atom. The maximum absolute atomic E-state index is 12.3. The van der Waals surface area contributed by atoms with E-state index in [0.29, 0.717) is 6.29 Å². The molecule has 14 heavy (non-hydrogen) atoms. The number of rotatable bonds is 2. The third kappa shape index (κ3) is 2.26. The molecule has 1 rings (SSSR count). The average Bonchev–Trinajstić information content (AvgIpc) is 2.07. The van der Waals surface area contributed by atoms with Crippen LogP contribution in [-0.2, 0) is 17.4 Å². The summed E-state index contributed by atoms with van der Waals surface area (Å²) in [5.41, 5.74) is -0.713. The first kappa shape index (κ1) is 11.0. The van der Waals surface area contributed by atoms with Crippen molar-refractivity contribution >= 4 is 17.9 Å². The number of carbonyl (C=O) groups is 1. The van der Waals surface area contributed by atoms with Crippen LogP contribution in [0.1, 0.15) is 11.1 Å². The number of benzene rings is 1. The summed E-state index contributed by atoms with van der Waals surface area (Å²) in [5, 5.41) is -0.396. The molecule has 0 heterocycles. The van der Waals surface area contributed by atoms with Crippen LogP contribution in [0.2, 0.25) is 5.02 Å². The topological polar surface area (TPSA) is 17.1 Å². The summed E-state index contributed by atoms with van der Waals surface area (Å²) in [4.78, 5) is 10.1. The third-order valence-corrected chi connectivity index (χ3v) is 2.13. The molecule has 1 aromatic rings. The zero-order valence-electron chi connectivity index (χ0n) is 6.94. The van der Waals surface area contributed by atoms with Gasteiger partial charge in [0, 0.05) is 6.42 Å². The molecule has 0 saturated heterocycles. The van der Waals surface area contributed by atoms with E-state index in [2.05, 4.69) is 0 Å². The molecule has 0 saturated carbocycles. The molecular weight excluding hydrogens is 217 g/mol. The summed E-state index contributed by atoms with van der Waals surface area (Å²) >= 11 is 5.49. The summed E-state index contributed by atoms with van der Waals surface area (Å²) in [6, 6.07) is 3.51. The lowest BCUT2D eigenvalue weighted by Crippen LogP contribution is -2.07. The summed E-state index contributed by atoms with van der Waals surface area (Å²) in [5.74, 6) is 0. The molecule has 5 heteroatoms. The minimum atomic E-state index is -4.48. The molecule has 1 nitrogen and oxygen atoms in total. The van der Waals surface area contributed by atoms with Gasteiger partial charge in [0.2, 0.25) is 0 Å². The highest BCUT2D eigenvalue weighted by Gasteiger charge is 2.33.